The number of carbonyl (C=O) groups is 2. The van der Waals surface area contributed by atoms with Crippen molar-refractivity contribution in [3.05, 3.63) is 75.3 Å². The second-order valence-corrected chi connectivity index (χ2v) is 6.19. The van der Waals surface area contributed by atoms with Crippen LogP contribution in [0.2, 0.25) is 0 Å². The van der Waals surface area contributed by atoms with E-state index in [0.29, 0.717) is 18.7 Å². The van der Waals surface area contributed by atoms with Gasteiger partial charge in [-0.3, -0.25) is 19.7 Å². The summed E-state index contributed by atoms with van der Waals surface area (Å²) in [4.78, 5) is 37.6. The molecule has 2 aromatic carbocycles. The highest BCUT2D eigenvalue weighted by molar-refractivity contribution is 5.97. The topological polar surface area (TPSA) is 92.6 Å². The summed E-state index contributed by atoms with van der Waals surface area (Å²) >= 11 is 0. The lowest BCUT2D eigenvalue weighted by Crippen LogP contribution is -2.37. The first-order chi connectivity index (χ1) is 12.5. The minimum Gasteiger partial charge on any atom is -0.354 e. The second kappa shape index (κ2) is 7.35. The molecule has 0 saturated carbocycles. The highest BCUT2D eigenvalue weighted by atomic mass is 16.6. The lowest BCUT2D eigenvalue weighted by molar-refractivity contribution is -0.385. The van der Waals surface area contributed by atoms with Crippen LogP contribution in [0.4, 0.5) is 5.69 Å². The zero-order chi connectivity index (χ0) is 18.7. The Labute approximate surface area is 150 Å². The van der Waals surface area contributed by atoms with Crippen LogP contribution in [0.15, 0.2) is 48.5 Å². The zero-order valence-electron chi connectivity index (χ0n) is 14.3. The van der Waals surface area contributed by atoms with Crippen molar-refractivity contribution in [1.29, 1.82) is 0 Å². The minimum absolute atomic E-state index is 0.0869. The molecule has 1 aliphatic rings. The van der Waals surface area contributed by atoms with Gasteiger partial charge in [0, 0.05) is 30.3 Å². The molecule has 1 saturated heterocycles. The highest BCUT2D eigenvalue weighted by Crippen LogP contribution is 2.29. The van der Waals surface area contributed by atoms with Crippen molar-refractivity contribution in [2.24, 2.45) is 0 Å². The van der Waals surface area contributed by atoms with Gasteiger partial charge in [-0.1, -0.05) is 36.4 Å². The molecule has 26 heavy (non-hydrogen) atoms. The van der Waals surface area contributed by atoms with Crippen molar-refractivity contribution in [2.75, 3.05) is 13.1 Å². The Morgan fingerprint density at radius 2 is 1.92 bits per heavy atom. The van der Waals surface area contributed by atoms with E-state index in [0.717, 1.165) is 5.56 Å². The Morgan fingerprint density at radius 3 is 2.62 bits per heavy atom. The number of carbonyl (C=O) groups excluding carboxylic acids is 2. The largest absolute Gasteiger partial charge is 0.354 e. The van der Waals surface area contributed by atoms with Crippen molar-refractivity contribution in [3.63, 3.8) is 0 Å². The maximum absolute atomic E-state index is 13.2. The fourth-order valence-electron chi connectivity index (χ4n) is 3.25. The van der Waals surface area contributed by atoms with Crippen LogP contribution < -0.4 is 5.32 Å². The van der Waals surface area contributed by atoms with Gasteiger partial charge in [-0.15, -0.1) is 0 Å². The van der Waals surface area contributed by atoms with Gasteiger partial charge in [0.05, 0.1) is 17.4 Å². The van der Waals surface area contributed by atoms with Gasteiger partial charge in [-0.05, 0) is 18.6 Å². The van der Waals surface area contributed by atoms with Crippen LogP contribution in [-0.4, -0.2) is 34.7 Å². The monoisotopic (exact) mass is 353 g/mol. The molecule has 2 amide bonds. The van der Waals surface area contributed by atoms with Crippen LogP contribution in [0.1, 0.15) is 33.9 Å². The van der Waals surface area contributed by atoms with Crippen molar-refractivity contribution in [1.82, 2.24) is 10.2 Å². The quantitative estimate of drug-likeness (QED) is 0.678. The van der Waals surface area contributed by atoms with E-state index < -0.39 is 11.0 Å². The van der Waals surface area contributed by atoms with Gasteiger partial charge < -0.3 is 10.2 Å². The van der Waals surface area contributed by atoms with Crippen LogP contribution in [0.5, 0.6) is 0 Å². The molecular formula is C19H19N3O4. The van der Waals surface area contributed by atoms with E-state index in [2.05, 4.69) is 5.32 Å². The van der Waals surface area contributed by atoms with Gasteiger partial charge in [0.1, 0.15) is 0 Å². The van der Waals surface area contributed by atoms with Crippen molar-refractivity contribution in [2.45, 2.75) is 19.4 Å². The maximum atomic E-state index is 13.2. The lowest BCUT2D eigenvalue weighted by Gasteiger charge is -2.30. The summed E-state index contributed by atoms with van der Waals surface area (Å²) in [7, 11) is 0. The Bertz CT molecular complexity index is 851. The molecule has 1 heterocycles. The molecule has 0 radical (unpaired) electrons. The fourth-order valence-corrected chi connectivity index (χ4v) is 3.25. The molecule has 7 heteroatoms. The molecule has 0 bridgehead atoms. The number of rotatable bonds is 3. The smallest absolute Gasteiger partial charge is 0.273 e. The molecule has 1 N–H and O–H groups in total. The zero-order valence-corrected chi connectivity index (χ0v) is 14.3. The molecule has 134 valence electrons. The first kappa shape index (κ1) is 17.6. The first-order valence-corrected chi connectivity index (χ1v) is 8.35. The average molecular weight is 353 g/mol. The second-order valence-electron chi connectivity index (χ2n) is 6.19. The standard InChI is InChI=1S/C19H19N3O4/c1-13-15(8-5-9-16(13)22(25)26)19(24)21-11-10-20-18(23)12-17(21)14-6-3-2-4-7-14/h2-9,17H,10-12H2,1H3,(H,20,23)/t17-/m1/s1. The number of amides is 2. The SMILES string of the molecule is Cc1c(C(=O)N2CCNC(=O)C[C@@H]2c2ccccc2)cccc1[N+](=O)[O-]. The molecule has 0 unspecified atom stereocenters. The van der Waals surface area contributed by atoms with Crippen LogP contribution >= 0.6 is 0 Å². The molecule has 2 aromatic rings. The van der Waals surface area contributed by atoms with Gasteiger partial charge in [0.25, 0.3) is 11.6 Å². The Hall–Kier alpha value is -3.22. The first-order valence-electron chi connectivity index (χ1n) is 8.35. The lowest BCUT2D eigenvalue weighted by atomic mass is 9.99. The molecule has 0 aromatic heterocycles. The van der Waals surface area contributed by atoms with E-state index in [9.17, 15) is 19.7 Å². The van der Waals surface area contributed by atoms with Gasteiger partial charge in [0.2, 0.25) is 5.91 Å². The van der Waals surface area contributed by atoms with Crippen molar-refractivity contribution in [3.8, 4) is 0 Å². The van der Waals surface area contributed by atoms with Crippen LogP contribution in [-0.2, 0) is 4.79 Å². The third-order valence-corrected chi connectivity index (χ3v) is 4.61. The van der Waals surface area contributed by atoms with E-state index in [1.165, 1.54) is 12.1 Å². The van der Waals surface area contributed by atoms with E-state index in [4.69, 9.17) is 0 Å². The van der Waals surface area contributed by atoms with E-state index in [1.54, 1.807) is 17.9 Å². The Balaban J connectivity index is 2.02. The van der Waals surface area contributed by atoms with Crippen LogP contribution in [0, 0.1) is 17.0 Å². The summed E-state index contributed by atoms with van der Waals surface area (Å²) in [5.74, 6) is -0.429. The molecule has 1 aliphatic heterocycles. The summed E-state index contributed by atoms with van der Waals surface area (Å²) in [6.45, 7) is 2.26. The molecule has 0 spiro atoms. The van der Waals surface area contributed by atoms with E-state index in [1.807, 2.05) is 30.3 Å². The maximum Gasteiger partial charge on any atom is 0.273 e. The van der Waals surface area contributed by atoms with Crippen molar-refractivity contribution < 1.29 is 14.5 Å². The van der Waals surface area contributed by atoms with Gasteiger partial charge >= 0.3 is 0 Å². The fraction of sp³-hybridized carbons (Fsp3) is 0.263. The number of nitrogens with one attached hydrogen (secondary N) is 1. The third kappa shape index (κ3) is 3.42. The number of nitro groups is 1. The number of nitrogens with zero attached hydrogens (tertiary/aromatic N) is 2. The van der Waals surface area contributed by atoms with Gasteiger partial charge in [-0.2, -0.15) is 0 Å². The number of benzene rings is 2. The molecular weight excluding hydrogens is 334 g/mol. The number of nitro benzene ring substituents is 1. The summed E-state index contributed by atoms with van der Waals surface area (Å²) in [6, 6.07) is 13.4. The summed E-state index contributed by atoms with van der Waals surface area (Å²) < 4.78 is 0. The van der Waals surface area contributed by atoms with E-state index in [-0.39, 0.29) is 29.5 Å². The molecule has 1 fully saturated rings. The predicted octanol–water partition coefficient (Wildman–Crippen LogP) is 2.61. The highest BCUT2D eigenvalue weighted by Gasteiger charge is 2.32. The minimum atomic E-state index is -0.492. The number of hydrogen-bond donors (Lipinski definition) is 1. The Morgan fingerprint density at radius 1 is 1.19 bits per heavy atom. The summed E-state index contributed by atoms with van der Waals surface area (Å²) in [5.41, 5.74) is 1.39. The predicted molar refractivity (Wildman–Crippen MR) is 95.7 cm³/mol. The van der Waals surface area contributed by atoms with Crippen LogP contribution in [0.3, 0.4) is 0 Å². The van der Waals surface area contributed by atoms with Crippen LogP contribution in [0.25, 0.3) is 0 Å². The average Bonchev–Trinajstić information content (AvgIpc) is 2.83. The van der Waals surface area contributed by atoms with Gasteiger partial charge in [0.15, 0.2) is 0 Å². The van der Waals surface area contributed by atoms with Gasteiger partial charge in [-0.25, -0.2) is 0 Å². The molecule has 7 nitrogen and oxygen atoms in total. The summed E-state index contributed by atoms with van der Waals surface area (Å²) in [6.07, 6.45) is 0.156. The normalized spacial score (nSPS) is 17.3. The molecule has 1 atom stereocenters. The molecule has 3 rings (SSSR count). The summed E-state index contributed by atoms with van der Waals surface area (Å²) in [5, 5.41) is 14.0. The van der Waals surface area contributed by atoms with Crippen molar-refractivity contribution >= 4 is 17.5 Å². The van der Waals surface area contributed by atoms with E-state index >= 15 is 0 Å². The Kier molecular flexibility index (Phi) is 4.97. The number of hydrogen-bond acceptors (Lipinski definition) is 4. The third-order valence-electron chi connectivity index (χ3n) is 4.61. The molecule has 0 aliphatic carbocycles.